The van der Waals surface area contributed by atoms with Gasteiger partial charge in [0, 0.05) is 20.3 Å². The fourth-order valence-electron chi connectivity index (χ4n) is 2.05. The van der Waals surface area contributed by atoms with E-state index in [-0.39, 0.29) is 0 Å². The molecule has 3 aromatic heterocycles. The standard InChI is InChI=1S/C17H16N4/c1-21(2)17-11-6-10-16(20-17)15-9-5-8-14(19-15)13-7-3-4-12-18-13/h3-12H,1-2H3. The van der Waals surface area contributed by atoms with Crippen molar-refractivity contribution >= 4 is 5.82 Å². The Bertz CT molecular complexity index is 739. The molecule has 104 valence electrons. The minimum atomic E-state index is 0.849. The smallest absolute Gasteiger partial charge is 0.128 e. The highest BCUT2D eigenvalue weighted by Crippen LogP contribution is 2.21. The monoisotopic (exact) mass is 276 g/mol. The van der Waals surface area contributed by atoms with Crippen LogP contribution in [-0.4, -0.2) is 29.0 Å². The highest BCUT2D eigenvalue weighted by Gasteiger charge is 2.06. The lowest BCUT2D eigenvalue weighted by Crippen LogP contribution is -2.10. The van der Waals surface area contributed by atoms with Gasteiger partial charge in [-0.3, -0.25) is 4.98 Å². The molecule has 0 radical (unpaired) electrons. The van der Waals surface area contributed by atoms with Crippen LogP contribution in [-0.2, 0) is 0 Å². The van der Waals surface area contributed by atoms with Crippen LogP contribution < -0.4 is 4.90 Å². The van der Waals surface area contributed by atoms with Crippen LogP contribution in [0.3, 0.4) is 0 Å². The van der Waals surface area contributed by atoms with E-state index in [0.717, 1.165) is 28.6 Å². The molecule has 0 saturated carbocycles. The van der Waals surface area contributed by atoms with E-state index in [1.165, 1.54) is 0 Å². The largest absolute Gasteiger partial charge is 0.363 e. The maximum absolute atomic E-state index is 4.67. The molecule has 0 aliphatic carbocycles. The molecule has 0 atom stereocenters. The second-order valence-electron chi connectivity index (χ2n) is 4.90. The first-order chi connectivity index (χ1) is 10.2. The molecule has 0 aliphatic heterocycles. The molecule has 0 unspecified atom stereocenters. The average molecular weight is 276 g/mol. The molecule has 0 saturated heterocycles. The quantitative estimate of drug-likeness (QED) is 0.736. The highest BCUT2D eigenvalue weighted by molar-refractivity contribution is 5.62. The van der Waals surface area contributed by atoms with Gasteiger partial charge in [-0.1, -0.05) is 18.2 Å². The van der Waals surface area contributed by atoms with E-state index in [9.17, 15) is 0 Å². The molecule has 4 heteroatoms. The Morgan fingerprint density at radius 2 is 1.29 bits per heavy atom. The second kappa shape index (κ2) is 5.71. The van der Waals surface area contributed by atoms with Crippen molar-refractivity contribution in [2.45, 2.75) is 0 Å². The van der Waals surface area contributed by atoms with E-state index in [1.807, 2.05) is 73.6 Å². The number of anilines is 1. The van der Waals surface area contributed by atoms with Crippen molar-refractivity contribution in [3.05, 3.63) is 60.8 Å². The first kappa shape index (κ1) is 13.2. The first-order valence-electron chi connectivity index (χ1n) is 6.77. The number of pyridine rings is 3. The Morgan fingerprint density at radius 1 is 0.667 bits per heavy atom. The molecular weight excluding hydrogens is 260 g/mol. The van der Waals surface area contributed by atoms with Crippen molar-refractivity contribution in [3.63, 3.8) is 0 Å². The lowest BCUT2D eigenvalue weighted by molar-refractivity contribution is 1.07. The molecule has 0 spiro atoms. The van der Waals surface area contributed by atoms with Gasteiger partial charge in [0.05, 0.1) is 22.8 Å². The van der Waals surface area contributed by atoms with Gasteiger partial charge in [0.15, 0.2) is 0 Å². The Morgan fingerprint density at radius 3 is 1.95 bits per heavy atom. The highest BCUT2D eigenvalue weighted by atomic mass is 15.1. The summed E-state index contributed by atoms with van der Waals surface area (Å²) >= 11 is 0. The summed E-state index contributed by atoms with van der Waals surface area (Å²) in [6.07, 6.45) is 1.77. The summed E-state index contributed by atoms with van der Waals surface area (Å²) in [4.78, 5) is 15.6. The van der Waals surface area contributed by atoms with Crippen molar-refractivity contribution in [3.8, 4) is 22.8 Å². The average Bonchev–Trinajstić information content (AvgIpc) is 2.56. The Hall–Kier alpha value is -2.75. The third-order valence-corrected chi connectivity index (χ3v) is 3.13. The number of rotatable bonds is 3. The fourth-order valence-corrected chi connectivity index (χ4v) is 2.05. The Balaban J connectivity index is 2.02. The van der Waals surface area contributed by atoms with Crippen LogP contribution in [0.4, 0.5) is 5.82 Å². The lowest BCUT2D eigenvalue weighted by Gasteiger charge is -2.12. The van der Waals surface area contributed by atoms with Gasteiger partial charge < -0.3 is 4.90 Å². The maximum atomic E-state index is 4.67. The van der Waals surface area contributed by atoms with E-state index < -0.39 is 0 Å². The molecule has 3 heterocycles. The van der Waals surface area contributed by atoms with Crippen molar-refractivity contribution in [2.75, 3.05) is 19.0 Å². The molecule has 21 heavy (non-hydrogen) atoms. The zero-order chi connectivity index (χ0) is 14.7. The van der Waals surface area contributed by atoms with Crippen LogP contribution in [0, 0.1) is 0 Å². The van der Waals surface area contributed by atoms with Gasteiger partial charge in [-0.05, 0) is 36.4 Å². The Labute approximate surface area is 124 Å². The van der Waals surface area contributed by atoms with Gasteiger partial charge in [0.2, 0.25) is 0 Å². The molecule has 0 fully saturated rings. The minimum Gasteiger partial charge on any atom is -0.363 e. The summed E-state index contributed by atoms with van der Waals surface area (Å²) < 4.78 is 0. The number of nitrogens with zero attached hydrogens (tertiary/aromatic N) is 4. The van der Waals surface area contributed by atoms with Crippen LogP contribution in [0.25, 0.3) is 22.8 Å². The topological polar surface area (TPSA) is 41.9 Å². The normalized spacial score (nSPS) is 10.4. The van der Waals surface area contributed by atoms with E-state index in [2.05, 4.69) is 15.0 Å². The molecule has 0 aliphatic rings. The molecule has 0 bridgehead atoms. The predicted octanol–water partition coefficient (Wildman–Crippen LogP) is 3.27. The molecule has 3 aromatic rings. The molecular formula is C17H16N4. The molecule has 3 rings (SSSR count). The van der Waals surface area contributed by atoms with Crippen LogP contribution in [0.1, 0.15) is 0 Å². The predicted molar refractivity (Wildman–Crippen MR) is 85.0 cm³/mol. The first-order valence-corrected chi connectivity index (χ1v) is 6.77. The van der Waals surface area contributed by atoms with E-state index >= 15 is 0 Å². The van der Waals surface area contributed by atoms with Crippen molar-refractivity contribution < 1.29 is 0 Å². The molecule has 0 aromatic carbocycles. The lowest BCUT2D eigenvalue weighted by atomic mass is 10.2. The van der Waals surface area contributed by atoms with E-state index in [4.69, 9.17) is 0 Å². The minimum absolute atomic E-state index is 0.849. The van der Waals surface area contributed by atoms with Crippen molar-refractivity contribution in [1.29, 1.82) is 0 Å². The molecule has 0 N–H and O–H groups in total. The number of aromatic nitrogens is 3. The summed E-state index contributed by atoms with van der Waals surface area (Å²) in [5.41, 5.74) is 3.43. The Kier molecular flexibility index (Phi) is 3.60. The van der Waals surface area contributed by atoms with Gasteiger partial charge in [-0.15, -0.1) is 0 Å². The van der Waals surface area contributed by atoms with Crippen molar-refractivity contribution in [1.82, 2.24) is 15.0 Å². The summed E-state index contributed by atoms with van der Waals surface area (Å²) in [6.45, 7) is 0. The summed E-state index contributed by atoms with van der Waals surface area (Å²) in [6, 6.07) is 17.7. The molecule has 4 nitrogen and oxygen atoms in total. The van der Waals surface area contributed by atoms with Gasteiger partial charge in [-0.2, -0.15) is 0 Å². The summed E-state index contributed by atoms with van der Waals surface area (Å²) in [7, 11) is 3.95. The van der Waals surface area contributed by atoms with Gasteiger partial charge in [0.25, 0.3) is 0 Å². The van der Waals surface area contributed by atoms with Crippen LogP contribution in [0.2, 0.25) is 0 Å². The third kappa shape index (κ3) is 2.89. The summed E-state index contributed by atoms with van der Waals surface area (Å²) in [5, 5.41) is 0. The zero-order valence-corrected chi connectivity index (χ0v) is 12.1. The molecule has 0 amide bonds. The van der Waals surface area contributed by atoms with Crippen LogP contribution in [0.5, 0.6) is 0 Å². The van der Waals surface area contributed by atoms with Gasteiger partial charge in [0.1, 0.15) is 5.82 Å². The SMILES string of the molecule is CN(C)c1cccc(-c2cccc(-c3ccccn3)n2)n1. The van der Waals surface area contributed by atoms with Crippen LogP contribution >= 0.6 is 0 Å². The third-order valence-electron chi connectivity index (χ3n) is 3.13. The van der Waals surface area contributed by atoms with Crippen molar-refractivity contribution in [2.24, 2.45) is 0 Å². The summed E-state index contributed by atoms with van der Waals surface area (Å²) in [5.74, 6) is 0.914. The van der Waals surface area contributed by atoms with E-state index in [1.54, 1.807) is 6.20 Å². The second-order valence-corrected chi connectivity index (χ2v) is 4.90. The van der Waals surface area contributed by atoms with Crippen LogP contribution in [0.15, 0.2) is 60.8 Å². The van der Waals surface area contributed by atoms with Gasteiger partial charge >= 0.3 is 0 Å². The zero-order valence-electron chi connectivity index (χ0n) is 12.1. The van der Waals surface area contributed by atoms with E-state index in [0.29, 0.717) is 0 Å². The van der Waals surface area contributed by atoms with Gasteiger partial charge in [-0.25, -0.2) is 9.97 Å². The fraction of sp³-hybridized carbons (Fsp3) is 0.118. The number of hydrogen-bond acceptors (Lipinski definition) is 4. The number of hydrogen-bond donors (Lipinski definition) is 0. The maximum Gasteiger partial charge on any atom is 0.128 e.